The number of amides is 1. The molecule has 7 heteroatoms. The fourth-order valence-electron chi connectivity index (χ4n) is 2.09. The molecule has 0 spiro atoms. The van der Waals surface area contributed by atoms with Crippen LogP contribution in [0.1, 0.15) is 10.4 Å². The molecule has 1 aromatic rings. The molecule has 0 aromatic heterocycles. The highest BCUT2D eigenvalue weighted by Gasteiger charge is 2.25. The molecule has 1 aliphatic heterocycles. The quantitative estimate of drug-likeness (QED) is 0.907. The van der Waals surface area contributed by atoms with Gasteiger partial charge in [-0.2, -0.15) is 8.78 Å². The standard InChI is InChI=1S/C13H16F2N2O3/c1-19-10-4-2-3-9(11(10)20-13(14)15)12(18)17-7-5-16-6-8-17/h2-4,13,16H,5-8H2,1H3. The summed E-state index contributed by atoms with van der Waals surface area (Å²) in [5, 5.41) is 3.12. The van der Waals surface area contributed by atoms with Gasteiger partial charge in [-0.25, -0.2) is 0 Å². The molecule has 2 rings (SSSR count). The third-order valence-electron chi connectivity index (χ3n) is 3.04. The van der Waals surface area contributed by atoms with Gasteiger partial charge < -0.3 is 19.7 Å². The van der Waals surface area contributed by atoms with Crippen LogP contribution in [0, 0.1) is 0 Å². The highest BCUT2D eigenvalue weighted by Crippen LogP contribution is 2.33. The van der Waals surface area contributed by atoms with Crippen LogP contribution < -0.4 is 14.8 Å². The SMILES string of the molecule is COc1cccc(C(=O)N2CCNCC2)c1OC(F)F. The fraction of sp³-hybridized carbons (Fsp3) is 0.462. The first-order chi connectivity index (χ1) is 9.63. The van der Waals surface area contributed by atoms with Crippen molar-refractivity contribution >= 4 is 5.91 Å². The number of para-hydroxylation sites is 1. The average molecular weight is 286 g/mol. The number of carbonyl (C=O) groups is 1. The maximum atomic E-state index is 12.5. The van der Waals surface area contributed by atoms with Crippen LogP contribution in [-0.2, 0) is 0 Å². The van der Waals surface area contributed by atoms with Crippen LogP contribution >= 0.6 is 0 Å². The monoisotopic (exact) mass is 286 g/mol. The molecule has 1 amide bonds. The Morgan fingerprint density at radius 3 is 2.65 bits per heavy atom. The highest BCUT2D eigenvalue weighted by atomic mass is 19.3. The van der Waals surface area contributed by atoms with E-state index in [1.165, 1.54) is 19.2 Å². The topological polar surface area (TPSA) is 50.8 Å². The number of methoxy groups -OCH3 is 1. The third kappa shape index (κ3) is 3.16. The molecule has 0 atom stereocenters. The summed E-state index contributed by atoms with van der Waals surface area (Å²) in [6.07, 6.45) is 0. The summed E-state index contributed by atoms with van der Waals surface area (Å²) >= 11 is 0. The molecule has 0 aliphatic carbocycles. The number of hydrogen-bond acceptors (Lipinski definition) is 4. The van der Waals surface area contributed by atoms with Crippen molar-refractivity contribution in [2.75, 3.05) is 33.3 Å². The Morgan fingerprint density at radius 2 is 2.05 bits per heavy atom. The molecule has 1 aromatic carbocycles. The summed E-state index contributed by atoms with van der Waals surface area (Å²) in [6, 6.07) is 4.52. The molecule has 1 aliphatic rings. The molecule has 0 bridgehead atoms. The minimum absolute atomic E-state index is 0.0894. The summed E-state index contributed by atoms with van der Waals surface area (Å²) < 4.78 is 34.5. The zero-order valence-corrected chi connectivity index (χ0v) is 11.1. The number of piperazine rings is 1. The van der Waals surface area contributed by atoms with Gasteiger partial charge in [0.1, 0.15) is 0 Å². The van der Waals surface area contributed by atoms with Crippen molar-refractivity contribution in [3.63, 3.8) is 0 Å². The lowest BCUT2D eigenvalue weighted by molar-refractivity contribution is -0.0516. The van der Waals surface area contributed by atoms with E-state index in [0.29, 0.717) is 26.2 Å². The molecular formula is C13H16F2N2O3. The minimum Gasteiger partial charge on any atom is -0.493 e. The molecule has 5 nitrogen and oxygen atoms in total. The van der Waals surface area contributed by atoms with Gasteiger partial charge in [0.25, 0.3) is 5.91 Å². The molecule has 0 radical (unpaired) electrons. The van der Waals surface area contributed by atoms with Gasteiger partial charge in [-0.15, -0.1) is 0 Å². The number of ether oxygens (including phenoxy) is 2. The Kier molecular flexibility index (Phi) is 4.73. The second kappa shape index (κ2) is 6.51. The van der Waals surface area contributed by atoms with E-state index in [0.717, 1.165) is 0 Å². The molecule has 1 saturated heterocycles. The van der Waals surface area contributed by atoms with Crippen molar-refractivity contribution in [2.45, 2.75) is 6.61 Å². The first kappa shape index (κ1) is 14.5. The highest BCUT2D eigenvalue weighted by molar-refractivity contribution is 5.97. The van der Waals surface area contributed by atoms with E-state index in [2.05, 4.69) is 10.1 Å². The number of nitrogens with zero attached hydrogens (tertiary/aromatic N) is 1. The molecule has 20 heavy (non-hydrogen) atoms. The van der Waals surface area contributed by atoms with Gasteiger partial charge in [0.15, 0.2) is 11.5 Å². The first-order valence-corrected chi connectivity index (χ1v) is 6.25. The lowest BCUT2D eigenvalue weighted by Crippen LogP contribution is -2.46. The molecule has 1 fully saturated rings. The first-order valence-electron chi connectivity index (χ1n) is 6.25. The molecule has 110 valence electrons. The lowest BCUT2D eigenvalue weighted by Gasteiger charge is -2.28. The number of alkyl halides is 2. The smallest absolute Gasteiger partial charge is 0.387 e. The van der Waals surface area contributed by atoms with Gasteiger partial charge in [-0.05, 0) is 12.1 Å². The van der Waals surface area contributed by atoms with Crippen molar-refractivity contribution in [1.82, 2.24) is 10.2 Å². The van der Waals surface area contributed by atoms with Crippen LogP contribution in [0.2, 0.25) is 0 Å². The zero-order valence-electron chi connectivity index (χ0n) is 11.1. The summed E-state index contributed by atoms with van der Waals surface area (Å²) in [6.45, 7) is -0.587. The van der Waals surface area contributed by atoms with Crippen LogP contribution in [0.3, 0.4) is 0 Å². The van der Waals surface area contributed by atoms with Crippen molar-refractivity contribution in [3.8, 4) is 11.5 Å². The Labute approximate surface area is 115 Å². The third-order valence-corrected chi connectivity index (χ3v) is 3.04. The number of benzene rings is 1. The molecule has 0 saturated carbocycles. The van der Waals surface area contributed by atoms with E-state index in [-0.39, 0.29) is 23.0 Å². The predicted octanol–water partition coefficient (Wildman–Crippen LogP) is 1.34. The van der Waals surface area contributed by atoms with Gasteiger partial charge in [-0.1, -0.05) is 6.07 Å². The van der Waals surface area contributed by atoms with Crippen molar-refractivity contribution in [3.05, 3.63) is 23.8 Å². The second-order valence-electron chi connectivity index (χ2n) is 4.26. The van der Waals surface area contributed by atoms with E-state index in [1.807, 2.05) is 0 Å². The number of rotatable bonds is 4. The summed E-state index contributed by atoms with van der Waals surface area (Å²) in [5.74, 6) is -0.430. The van der Waals surface area contributed by atoms with E-state index in [4.69, 9.17) is 4.74 Å². The fourth-order valence-corrected chi connectivity index (χ4v) is 2.09. The van der Waals surface area contributed by atoms with Gasteiger partial charge in [0.2, 0.25) is 0 Å². The van der Waals surface area contributed by atoms with Crippen LogP contribution in [0.15, 0.2) is 18.2 Å². The van der Waals surface area contributed by atoms with Crippen molar-refractivity contribution in [2.24, 2.45) is 0 Å². The van der Waals surface area contributed by atoms with Crippen molar-refractivity contribution < 1.29 is 23.0 Å². The van der Waals surface area contributed by atoms with Crippen LogP contribution in [0.4, 0.5) is 8.78 Å². The lowest BCUT2D eigenvalue weighted by atomic mass is 10.1. The Morgan fingerprint density at radius 1 is 1.35 bits per heavy atom. The normalized spacial score (nSPS) is 15.3. The van der Waals surface area contributed by atoms with E-state index < -0.39 is 6.61 Å². The maximum Gasteiger partial charge on any atom is 0.387 e. The summed E-state index contributed by atoms with van der Waals surface area (Å²) in [5.41, 5.74) is 0.0894. The Bertz CT molecular complexity index is 477. The average Bonchev–Trinajstić information content (AvgIpc) is 2.47. The second-order valence-corrected chi connectivity index (χ2v) is 4.26. The van der Waals surface area contributed by atoms with Crippen molar-refractivity contribution in [1.29, 1.82) is 0 Å². The van der Waals surface area contributed by atoms with Crippen LogP contribution in [0.25, 0.3) is 0 Å². The number of nitrogens with one attached hydrogen (secondary N) is 1. The summed E-state index contributed by atoms with van der Waals surface area (Å²) in [4.78, 5) is 14.0. The van der Waals surface area contributed by atoms with Gasteiger partial charge in [0.05, 0.1) is 12.7 Å². The van der Waals surface area contributed by atoms with Gasteiger partial charge in [0, 0.05) is 26.2 Å². The van der Waals surface area contributed by atoms with E-state index >= 15 is 0 Å². The molecule has 1 heterocycles. The number of halogens is 2. The summed E-state index contributed by atoms with van der Waals surface area (Å²) in [7, 11) is 1.34. The maximum absolute atomic E-state index is 12.5. The van der Waals surface area contributed by atoms with E-state index in [9.17, 15) is 13.6 Å². The van der Waals surface area contributed by atoms with E-state index in [1.54, 1.807) is 11.0 Å². The Balaban J connectivity index is 2.31. The zero-order chi connectivity index (χ0) is 14.5. The number of hydrogen-bond donors (Lipinski definition) is 1. The van der Waals surface area contributed by atoms with Gasteiger partial charge in [-0.3, -0.25) is 4.79 Å². The minimum atomic E-state index is -3.01. The number of carbonyl (C=O) groups excluding carboxylic acids is 1. The largest absolute Gasteiger partial charge is 0.493 e. The van der Waals surface area contributed by atoms with Crippen LogP contribution in [-0.4, -0.2) is 50.7 Å². The predicted molar refractivity (Wildman–Crippen MR) is 68.4 cm³/mol. The Hall–Kier alpha value is -1.89. The molecule has 1 N–H and O–H groups in total. The van der Waals surface area contributed by atoms with Crippen LogP contribution in [0.5, 0.6) is 11.5 Å². The molecule has 0 unspecified atom stereocenters. The molecular weight excluding hydrogens is 270 g/mol. The van der Waals surface area contributed by atoms with Gasteiger partial charge >= 0.3 is 6.61 Å².